The topological polar surface area (TPSA) is 99.1 Å². The molecule has 0 radical (unpaired) electrons. The van der Waals surface area contributed by atoms with Crippen molar-refractivity contribution in [3.63, 3.8) is 0 Å². The minimum atomic E-state index is -4.25. The molecule has 2 fully saturated rings. The van der Waals surface area contributed by atoms with Crippen LogP contribution in [0.3, 0.4) is 0 Å². The van der Waals surface area contributed by atoms with Crippen molar-refractivity contribution in [2.75, 3.05) is 0 Å². The van der Waals surface area contributed by atoms with E-state index in [0.29, 0.717) is 0 Å². The highest BCUT2D eigenvalue weighted by Crippen LogP contribution is 2.47. The predicted octanol–water partition coefficient (Wildman–Crippen LogP) is 0.193. The molecule has 19 heavy (non-hydrogen) atoms. The van der Waals surface area contributed by atoms with Gasteiger partial charge in [0.2, 0.25) is 5.60 Å². The Labute approximate surface area is 109 Å². The first kappa shape index (κ1) is 12.4. The Balaban J connectivity index is 2.18. The number of rotatable bonds is 1. The number of esters is 1. The molecule has 3 atom stereocenters. The van der Waals surface area contributed by atoms with E-state index in [0.717, 1.165) is 0 Å². The second kappa shape index (κ2) is 3.69. The summed E-state index contributed by atoms with van der Waals surface area (Å²) in [5.41, 5.74) is -1.57. The van der Waals surface area contributed by atoms with Crippen molar-refractivity contribution in [1.82, 2.24) is 0 Å². The predicted molar refractivity (Wildman–Crippen MR) is 60.2 cm³/mol. The van der Waals surface area contributed by atoms with Gasteiger partial charge in [-0.3, -0.25) is 0 Å². The minimum Gasteiger partial charge on any atom is -0.508 e. The van der Waals surface area contributed by atoms with E-state index in [2.05, 4.69) is 0 Å². The lowest BCUT2D eigenvalue weighted by Gasteiger charge is -2.20. The molecule has 2 aliphatic rings. The minimum absolute atomic E-state index is 0.0158. The monoisotopic (exact) mass is 286 g/mol. The van der Waals surface area contributed by atoms with Crippen LogP contribution in [0.25, 0.3) is 0 Å². The zero-order chi connectivity index (χ0) is 13.8. The first-order chi connectivity index (χ1) is 8.85. The van der Waals surface area contributed by atoms with E-state index in [-0.39, 0.29) is 11.3 Å². The molecule has 0 bridgehead atoms. The summed E-state index contributed by atoms with van der Waals surface area (Å²) in [4.78, 5) is 12.0. The number of phenols is 1. The van der Waals surface area contributed by atoms with Crippen molar-refractivity contribution in [1.29, 1.82) is 0 Å². The zero-order valence-electron chi connectivity index (χ0n) is 9.77. The molecule has 0 amide bonds. The maximum absolute atomic E-state index is 12.0. The van der Waals surface area contributed by atoms with Crippen molar-refractivity contribution >= 4 is 16.4 Å². The van der Waals surface area contributed by atoms with Crippen LogP contribution in [0.15, 0.2) is 24.3 Å². The van der Waals surface area contributed by atoms with Crippen LogP contribution >= 0.6 is 0 Å². The van der Waals surface area contributed by atoms with Crippen molar-refractivity contribution in [3.8, 4) is 5.75 Å². The van der Waals surface area contributed by atoms with Gasteiger partial charge in [0.15, 0.2) is 6.10 Å². The van der Waals surface area contributed by atoms with E-state index in [1.54, 1.807) is 0 Å². The molecule has 3 rings (SSSR count). The molecule has 0 spiro atoms. The Hall–Kier alpha value is -1.64. The highest BCUT2D eigenvalue weighted by Gasteiger charge is 2.68. The third-order valence-electron chi connectivity index (χ3n) is 3.17. The van der Waals surface area contributed by atoms with Crippen LogP contribution < -0.4 is 0 Å². The van der Waals surface area contributed by atoms with Crippen LogP contribution in [0.4, 0.5) is 0 Å². The third-order valence-corrected chi connectivity index (χ3v) is 4.08. The summed E-state index contributed by atoms with van der Waals surface area (Å²) in [6, 6.07) is 5.44. The second-order valence-electron chi connectivity index (χ2n) is 4.40. The number of carbonyl (C=O) groups is 1. The maximum atomic E-state index is 12.0. The number of fused-ring (bicyclic) bond motifs is 1. The van der Waals surface area contributed by atoms with Crippen molar-refractivity contribution in [3.05, 3.63) is 29.8 Å². The van der Waals surface area contributed by atoms with E-state index < -0.39 is 34.2 Å². The quantitative estimate of drug-likeness (QED) is 0.736. The molecule has 2 heterocycles. The summed E-state index contributed by atoms with van der Waals surface area (Å²) in [6.07, 6.45) is -1.83. The largest absolute Gasteiger partial charge is 0.508 e. The standard InChI is InChI=1S/C11H10O7S/c1-6-9-11(10(13)16-6,18-19(14,15)17-9)7-2-4-8(12)5-3-7/h2-6,9,12H,1H3. The van der Waals surface area contributed by atoms with Crippen LogP contribution in [0.1, 0.15) is 12.5 Å². The molecular weight excluding hydrogens is 276 g/mol. The Morgan fingerprint density at radius 2 is 1.89 bits per heavy atom. The average Bonchev–Trinajstić information content (AvgIpc) is 2.73. The summed E-state index contributed by atoms with van der Waals surface area (Å²) in [7, 11) is -4.25. The van der Waals surface area contributed by atoms with Crippen LogP contribution in [0.5, 0.6) is 5.75 Å². The van der Waals surface area contributed by atoms with Crippen LogP contribution in [-0.2, 0) is 33.9 Å². The van der Waals surface area contributed by atoms with Gasteiger partial charge in [0.1, 0.15) is 11.9 Å². The molecule has 2 aliphatic heterocycles. The molecule has 7 nitrogen and oxygen atoms in total. The lowest BCUT2D eigenvalue weighted by atomic mass is 9.88. The number of aromatic hydroxyl groups is 1. The van der Waals surface area contributed by atoms with E-state index in [1.165, 1.54) is 31.2 Å². The fourth-order valence-corrected chi connectivity index (χ4v) is 3.51. The van der Waals surface area contributed by atoms with Gasteiger partial charge in [-0.25, -0.2) is 13.2 Å². The Morgan fingerprint density at radius 3 is 2.53 bits per heavy atom. The molecule has 8 heteroatoms. The summed E-state index contributed by atoms with van der Waals surface area (Å²) in [5, 5.41) is 9.25. The number of hydrogen-bond donors (Lipinski definition) is 1. The highest BCUT2D eigenvalue weighted by atomic mass is 32.3. The fourth-order valence-electron chi connectivity index (χ4n) is 2.34. The zero-order valence-corrected chi connectivity index (χ0v) is 10.6. The maximum Gasteiger partial charge on any atom is 0.401 e. The number of carbonyl (C=O) groups excluding carboxylic acids is 1. The van der Waals surface area contributed by atoms with Gasteiger partial charge in [0.25, 0.3) is 0 Å². The number of ether oxygens (including phenoxy) is 1. The molecule has 1 aromatic rings. The second-order valence-corrected chi connectivity index (χ2v) is 5.58. The number of hydrogen-bond acceptors (Lipinski definition) is 7. The number of cyclic esters (lactones) is 1. The van der Waals surface area contributed by atoms with Crippen LogP contribution in [0, 0.1) is 0 Å². The van der Waals surface area contributed by atoms with Crippen molar-refractivity contribution < 1.29 is 31.4 Å². The molecule has 3 unspecified atom stereocenters. The van der Waals surface area contributed by atoms with E-state index in [9.17, 15) is 18.3 Å². The molecule has 0 saturated carbocycles. The van der Waals surface area contributed by atoms with Gasteiger partial charge in [0, 0.05) is 0 Å². The molecule has 102 valence electrons. The number of phenolic OH excluding ortho intramolecular Hbond substituents is 1. The molecule has 0 aromatic heterocycles. The van der Waals surface area contributed by atoms with Crippen molar-refractivity contribution in [2.24, 2.45) is 0 Å². The molecule has 1 aromatic carbocycles. The number of benzene rings is 1. The molecular formula is C11H10O7S. The fraction of sp³-hybridized carbons (Fsp3) is 0.364. The smallest absolute Gasteiger partial charge is 0.401 e. The normalized spacial score (nSPS) is 35.9. The molecule has 0 aliphatic carbocycles. The van der Waals surface area contributed by atoms with Gasteiger partial charge in [-0.2, -0.15) is 8.42 Å². The summed E-state index contributed by atoms with van der Waals surface area (Å²) < 4.78 is 37.6. The molecule has 2 saturated heterocycles. The SMILES string of the molecule is CC1OC(=O)C2(c3ccc(O)cc3)OS(=O)(=O)OC12. The third kappa shape index (κ3) is 1.64. The van der Waals surface area contributed by atoms with Gasteiger partial charge < -0.3 is 9.84 Å². The Bertz CT molecular complexity index is 636. The van der Waals surface area contributed by atoms with Gasteiger partial charge in [-0.1, -0.05) is 12.1 Å². The summed E-state index contributed by atoms with van der Waals surface area (Å²) in [6.45, 7) is 1.52. The molecule has 1 N–H and O–H groups in total. The van der Waals surface area contributed by atoms with Crippen LogP contribution in [-0.4, -0.2) is 31.7 Å². The first-order valence-corrected chi connectivity index (χ1v) is 6.83. The highest BCUT2D eigenvalue weighted by molar-refractivity contribution is 7.82. The summed E-state index contributed by atoms with van der Waals surface area (Å²) in [5.74, 6) is -0.838. The Morgan fingerprint density at radius 1 is 1.26 bits per heavy atom. The van der Waals surface area contributed by atoms with Gasteiger partial charge in [-0.05, 0) is 24.6 Å². The van der Waals surface area contributed by atoms with Gasteiger partial charge in [-0.15, -0.1) is 0 Å². The lowest BCUT2D eigenvalue weighted by Crippen LogP contribution is -2.40. The van der Waals surface area contributed by atoms with Gasteiger partial charge in [0.05, 0.1) is 0 Å². The van der Waals surface area contributed by atoms with Gasteiger partial charge >= 0.3 is 16.4 Å². The van der Waals surface area contributed by atoms with E-state index in [4.69, 9.17) is 13.1 Å². The Kier molecular flexibility index (Phi) is 2.40. The average molecular weight is 286 g/mol. The van der Waals surface area contributed by atoms with E-state index >= 15 is 0 Å². The lowest BCUT2D eigenvalue weighted by molar-refractivity contribution is -0.152. The van der Waals surface area contributed by atoms with Crippen LogP contribution in [0.2, 0.25) is 0 Å². The van der Waals surface area contributed by atoms with E-state index in [1.807, 2.05) is 0 Å². The van der Waals surface area contributed by atoms with Crippen molar-refractivity contribution in [2.45, 2.75) is 24.7 Å². The summed E-state index contributed by atoms with van der Waals surface area (Å²) >= 11 is 0. The first-order valence-electron chi connectivity index (χ1n) is 5.49.